The molecule has 2 fully saturated rings. The third-order valence-electron chi connectivity index (χ3n) is 5.65. The van der Waals surface area contributed by atoms with Gasteiger partial charge in [-0.25, -0.2) is 0 Å². The van der Waals surface area contributed by atoms with E-state index in [1.807, 2.05) is 0 Å². The van der Waals surface area contributed by atoms with Crippen molar-refractivity contribution in [2.75, 3.05) is 33.2 Å². The minimum atomic E-state index is -0.0317. The van der Waals surface area contributed by atoms with Crippen LogP contribution in [-0.2, 0) is 11.2 Å². The van der Waals surface area contributed by atoms with Crippen LogP contribution in [0, 0.1) is 5.92 Å². The van der Waals surface area contributed by atoms with Crippen LogP contribution < -0.4 is 10.6 Å². The monoisotopic (exact) mass is 344 g/mol. The van der Waals surface area contributed by atoms with Crippen LogP contribution in [0.5, 0.6) is 0 Å². The van der Waals surface area contributed by atoms with Gasteiger partial charge in [-0.15, -0.1) is 0 Å². The highest BCUT2D eigenvalue weighted by Gasteiger charge is 2.36. The van der Waals surface area contributed by atoms with Crippen LogP contribution in [0.3, 0.4) is 0 Å². The van der Waals surface area contributed by atoms with Crippen molar-refractivity contribution >= 4 is 5.91 Å². The molecule has 0 saturated carbocycles. The quantitative estimate of drug-likeness (QED) is 0.871. The number of piperazine rings is 1. The van der Waals surface area contributed by atoms with E-state index >= 15 is 0 Å². The number of nitrogens with zero attached hydrogens (tertiary/aromatic N) is 2. The molecule has 25 heavy (non-hydrogen) atoms. The van der Waals surface area contributed by atoms with E-state index in [9.17, 15) is 4.79 Å². The molecule has 2 heterocycles. The Morgan fingerprint density at radius 1 is 1.12 bits per heavy atom. The zero-order chi connectivity index (χ0) is 18.0. The Morgan fingerprint density at radius 3 is 2.32 bits per heavy atom. The van der Waals surface area contributed by atoms with Crippen LogP contribution >= 0.6 is 0 Å². The molecule has 2 aliphatic rings. The number of nitrogens with one attached hydrogen (secondary N) is 2. The van der Waals surface area contributed by atoms with Gasteiger partial charge in [0.2, 0.25) is 5.91 Å². The Balaban J connectivity index is 1.60. The highest BCUT2D eigenvalue weighted by atomic mass is 16.2. The summed E-state index contributed by atoms with van der Waals surface area (Å²) in [4.78, 5) is 17.4. The molecule has 0 radical (unpaired) electrons. The highest BCUT2D eigenvalue weighted by molar-refractivity contribution is 5.80. The molecular formula is C20H32N4O. The SMILES string of the molecule is CC(C)c1ccc(CC2C(=O)NC(N3CCN(C)CC3)NC2C)cc1. The lowest BCUT2D eigenvalue weighted by molar-refractivity contribution is -0.132. The average Bonchev–Trinajstić information content (AvgIpc) is 2.59. The molecule has 0 bridgehead atoms. The Bertz CT molecular complexity index is 578. The highest BCUT2D eigenvalue weighted by Crippen LogP contribution is 2.20. The molecule has 138 valence electrons. The summed E-state index contributed by atoms with van der Waals surface area (Å²) in [7, 11) is 2.15. The van der Waals surface area contributed by atoms with Crippen molar-refractivity contribution in [1.82, 2.24) is 20.4 Å². The smallest absolute Gasteiger partial charge is 0.227 e. The summed E-state index contributed by atoms with van der Waals surface area (Å²) in [6.45, 7) is 10.6. The first-order chi connectivity index (χ1) is 11.9. The van der Waals surface area contributed by atoms with Crippen molar-refractivity contribution in [2.45, 2.75) is 45.4 Å². The largest absolute Gasteiger partial charge is 0.328 e. The number of carbonyl (C=O) groups is 1. The van der Waals surface area contributed by atoms with Crippen molar-refractivity contribution in [2.24, 2.45) is 5.92 Å². The Kier molecular flexibility index (Phi) is 5.77. The zero-order valence-corrected chi connectivity index (χ0v) is 16.0. The average molecular weight is 345 g/mol. The molecule has 3 rings (SSSR count). The van der Waals surface area contributed by atoms with Gasteiger partial charge >= 0.3 is 0 Å². The molecule has 1 amide bonds. The molecule has 0 aliphatic carbocycles. The molecule has 2 N–H and O–H groups in total. The molecule has 3 atom stereocenters. The predicted octanol–water partition coefficient (Wildman–Crippen LogP) is 1.61. The van der Waals surface area contributed by atoms with E-state index in [0.29, 0.717) is 5.92 Å². The predicted molar refractivity (Wildman–Crippen MR) is 101 cm³/mol. The van der Waals surface area contributed by atoms with Gasteiger partial charge in [0.05, 0.1) is 5.92 Å². The summed E-state index contributed by atoms with van der Waals surface area (Å²) in [6, 6.07) is 8.88. The fourth-order valence-electron chi connectivity index (χ4n) is 3.71. The van der Waals surface area contributed by atoms with Gasteiger partial charge in [0, 0.05) is 32.2 Å². The van der Waals surface area contributed by atoms with Crippen molar-refractivity contribution in [3.05, 3.63) is 35.4 Å². The summed E-state index contributed by atoms with van der Waals surface area (Å²) >= 11 is 0. The van der Waals surface area contributed by atoms with E-state index in [1.165, 1.54) is 11.1 Å². The molecule has 1 aromatic carbocycles. The molecule has 2 saturated heterocycles. The van der Waals surface area contributed by atoms with Crippen molar-refractivity contribution < 1.29 is 4.79 Å². The summed E-state index contributed by atoms with van der Waals surface area (Å²) in [5.41, 5.74) is 2.58. The maximum absolute atomic E-state index is 12.7. The summed E-state index contributed by atoms with van der Waals surface area (Å²) in [5.74, 6) is 0.689. The summed E-state index contributed by atoms with van der Waals surface area (Å²) in [6.07, 6.45) is 0.754. The standard InChI is InChI=1S/C20H32N4O/c1-14(2)17-7-5-16(6-8-17)13-18-15(3)21-20(22-19(18)25)24-11-9-23(4)10-12-24/h5-8,14-15,18,20-21H,9-13H2,1-4H3,(H,22,25). The second-order valence-electron chi connectivity index (χ2n) is 7.91. The minimum absolute atomic E-state index is 0.0198. The third-order valence-corrected chi connectivity index (χ3v) is 5.65. The number of amides is 1. The van der Waals surface area contributed by atoms with Crippen LogP contribution in [0.2, 0.25) is 0 Å². The zero-order valence-electron chi connectivity index (χ0n) is 16.0. The van der Waals surface area contributed by atoms with E-state index in [1.54, 1.807) is 0 Å². The second-order valence-corrected chi connectivity index (χ2v) is 7.91. The van der Waals surface area contributed by atoms with Crippen LogP contribution in [0.25, 0.3) is 0 Å². The summed E-state index contributed by atoms with van der Waals surface area (Å²) in [5, 5.41) is 6.80. The van der Waals surface area contributed by atoms with Gasteiger partial charge in [-0.1, -0.05) is 38.1 Å². The molecule has 0 aromatic heterocycles. The molecule has 0 spiro atoms. The van der Waals surface area contributed by atoms with Crippen molar-refractivity contribution in [3.63, 3.8) is 0 Å². The van der Waals surface area contributed by atoms with Crippen molar-refractivity contribution in [1.29, 1.82) is 0 Å². The molecular weight excluding hydrogens is 312 g/mol. The van der Waals surface area contributed by atoms with Gasteiger partial charge in [0.25, 0.3) is 0 Å². The first-order valence-electron chi connectivity index (χ1n) is 9.52. The van der Waals surface area contributed by atoms with Crippen LogP contribution in [0.4, 0.5) is 0 Å². The Morgan fingerprint density at radius 2 is 1.76 bits per heavy atom. The third kappa shape index (κ3) is 4.40. The Labute approximate surface area is 151 Å². The first kappa shape index (κ1) is 18.4. The number of carbonyl (C=O) groups excluding carboxylic acids is 1. The minimum Gasteiger partial charge on any atom is -0.328 e. The van der Waals surface area contributed by atoms with Gasteiger partial charge in [0.1, 0.15) is 6.29 Å². The van der Waals surface area contributed by atoms with Crippen molar-refractivity contribution in [3.8, 4) is 0 Å². The normalized spacial score (nSPS) is 29.0. The van der Waals surface area contributed by atoms with Crippen LogP contribution in [0.1, 0.15) is 37.8 Å². The maximum atomic E-state index is 12.7. The van der Waals surface area contributed by atoms with E-state index < -0.39 is 0 Å². The molecule has 1 aromatic rings. The first-order valence-corrected chi connectivity index (χ1v) is 9.52. The van der Waals surface area contributed by atoms with Crippen LogP contribution in [-0.4, -0.2) is 61.3 Å². The number of rotatable bonds is 4. The van der Waals surface area contributed by atoms with E-state index in [4.69, 9.17) is 0 Å². The van der Waals surface area contributed by atoms with E-state index in [-0.39, 0.29) is 24.2 Å². The van der Waals surface area contributed by atoms with Gasteiger partial charge < -0.3 is 10.2 Å². The van der Waals surface area contributed by atoms with Gasteiger partial charge in [-0.05, 0) is 37.4 Å². The van der Waals surface area contributed by atoms with Crippen LogP contribution in [0.15, 0.2) is 24.3 Å². The molecule has 5 nitrogen and oxygen atoms in total. The Hall–Kier alpha value is -1.43. The second kappa shape index (κ2) is 7.85. The fourth-order valence-corrected chi connectivity index (χ4v) is 3.71. The van der Waals surface area contributed by atoms with Gasteiger partial charge in [-0.2, -0.15) is 0 Å². The number of hydrogen-bond acceptors (Lipinski definition) is 4. The maximum Gasteiger partial charge on any atom is 0.227 e. The number of benzene rings is 1. The molecule has 2 aliphatic heterocycles. The van der Waals surface area contributed by atoms with E-state index in [0.717, 1.165) is 32.6 Å². The molecule has 5 heteroatoms. The number of hydrogen-bond donors (Lipinski definition) is 2. The van der Waals surface area contributed by atoms with E-state index in [2.05, 4.69) is 72.5 Å². The number of likely N-dealkylation sites (N-methyl/N-ethyl adjacent to an activating group) is 1. The lowest BCUT2D eigenvalue weighted by Gasteiger charge is -2.44. The lowest BCUT2D eigenvalue weighted by Crippen LogP contribution is -2.68. The molecule has 3 unspecified atom stereocenters. The topological polar surface area (TPSA) is 47.6 Å². The fraction of sp³-hybridized carbons (Fsp3) is 0.650. The lowest BCUT2D eigenvalue weighted by atomic mass is 9.89. The van der Waals surface area contributed by atoms with Gasteiger partial charge in [0.15, 0.2) is 0 Å². The summed E-state index contributed by atoms with van der Waals surface area (Å²) < 4.78 is 0. The van der Waals surface area contributed by atoms with Gasteiger partial charge in [-0.3, -0.25) is 15.0 Å².